The summed E-state index contributed by atoms with van der Waals surface area (Å²) in [5, 5.41) is 33.7. The van der Waals surface area contributed by atoms with E-state index in [0.29, 0.717) is 19.3 Å². The van der Waals surface area contributed by atoms with Crippen LogP contribution in [0.5, 0.6) is 0 Å². The molecule has 2 aromatic rings. The first kappa shape index (κ1) is 27.5. The first-order valence-corrected chi connectivity index (χ1v) is 11.1. The third-order valence-corrected chi connectivity index (χ3v) is 5.54. The Balaban J connectivity index is 1.68. The maximum atomic E-state index is 12.3. The van der Waals surface area contributed by atoms with Gasteiger partial charge in [-0.05, 0) is 43.0 Å². The van der Waals surface area contributed by atoms with Crippen molar-refractivity contribution in [3.63, 3.8) is 0 Å². The summed E-state index contributed by atoms with van der Waals surface area (Å²) in [4.78, 5) is 72.6. The molecule has 2 atom stereocenters. The summed E-state index contributed by atoms with van der Waals surface area (Å²) in [6.45, 7) is 0. The number of nitro groups is 2. The van der Waals surface area contributed by atoms with Crippen LogP contribution in [-0.4, -0.2) is 51.0 Å². The third-order valence-electron chi connectivity index (χ3n) is 5.54. The van der Waals surface area contributed by atoms with E-state index < -0.39 is 46.0 Å². The van der Waals surface area contributed by atoms with Crippen LogP contribution in [0.1, 0.15) is 46.4 Å². The van der Waals surface area contributed by atoms with Gasteiger partial charge in [-0.25, -0.2) is 19.2 Å². The second-order valence-electron chi connectivity index (χ2n) is 8.09. The first-order chi connectivity index (χ1) is 18.0. The molecule has 1 saturated carbocycles. The number of non-ortho nitro benzene ring substituents is 2. The fraction of sp³-hybridized carbons (Fsp3) is 0.261. The number of aliphatic hydroxyl groups is 1. The number of nitrogens with one attached hydrogen (secondary N) is 1. The summed E-state index contributed by atoms with van der Waals surface area (Å²) in [7, 11) is 0. The number of carbonyl (C=O) groups excluding carboxylic acids is 4. The lowest BCUT2D eigenvalue weighted by atomic mass is 10.0. The Labute approximate surface area is 213 Å². The molecule has 15 heteroatoms. The summed E-state index contributed by atoms with van der Waals surface area (Å²) < 4.78 is 9.25. The molecule has 0 aliphatic heterocycles. The van der Waals surface area contributed by atoms with Gasteiger partial charge in [0.25, 0.3) is 11.4 Å². The molecule has 0 bridgehead atoms. The molecule has 1 aliphatic carbocycles. The molecular formula is C23H20N4O11. The molecule has 2 aromatic carbocycles. The number of benzene rings is 2. The maximum absolute atomic E-state index is 12.3. The van der Waals surface area contributed by atoms with Gasteiger partial charge in [0.05, 0.1) is 27.1 Å². The Morgan fingerprint density at radius 3 is 1.82 bits per heavy atom. The summed E-state index contributed by atoms with van der Waals surface area (Å²) in [5.74, 6) is -3.05. The number of hydrogen-bond acceptors (Lipinski definition) is 11. The Morgan fingerprint density at radius 1 is 0.868 bits per heavy atom. The highest BCUT2D eigenvalue weighted by molar-refractivity contribution is 6.06. The average molecular weight is 528 g/mol. The normalized spacial score (nSPS) is 16.8. The fourth-order valence-electron chi connectivity index (χ4n) is 3.62. The number of nitro benzene ring substituents is 2. The predicted molar refractivity (Wildman–Crippen MR) is 126 cm³/mol. The minimum atomic E-state index is -1.43. The molecule has 0 spiro atoms. The van der Waals surface area contributed by atoms with E-state index >= 15 is 0 Å². The van der Waals surface area contributed by atoms with E-state index in [-0.39, 0.29) is 34.8 Å². The largest absolute Gasteiger partial charge is 0.443 e. The number of amides is 2. The van der Waals surface area contributed by atoms with Crippen molar-refractivity contribution in [1.82, 2.24) is 5.32 Å². The molecule has 2 amide bonds. The number of ether oxygens (including phenoxy) is 2. The molecule has 0 heterocycles. The van der Waals surface area contributed by atoms with Crippen LogP contribution >= 0.6 is 0 Å². The van der Waals surface area contributed by atoms with Gasteiger partial charge in [-0.15, -0.1) is 0 Å². The van der Waals surface area contributed by atoms with Gasteiger partial charge in [-0.3, -0.25) is 25.5 Å². The quantitative estimate of drug-likeness (QED) is 0.138. The molecule has 0 unspecified atom stereocenters. The molecule has 0 aromatic heterocycles. The average Bonchev–Trinajstić information content (AvgIpc) is 3.27. The van der Waals surface area contributed by atoms with Gasteiger partial charge < -0.3 is 14.6 Å². The molecule has 3 rings (SSSR count). The summed E-state index contributed by atoms with van der Waals surface area (Å²) in [5.41, 5.74) is -0.900. The van der Waals surface area contributed by atoms with Crippen molar-refractivity contribution in [2.24, 2.45) is 10.9 Å². The van der Waals surface area contributed by atoms with Crippen LogP contribution in [0.3, 0.4) is 0 Å². The second-order valence-corrected chi connectivity index (χ2v) is 8.09. The van der Waals surface area contributed by atoms with Gasteiger partial charge in [0.1, 0.15) is 5.84 Å². The zero-order valence-electron chi connectivity index (χ0n) is 19.5. The molecule has 198 valence electrons. The summed E-state index contributed by atoms with van der Waals surface area (Å²) in [6, 6.07) is 8.48. The van der Waals surface area contributed by atoms with Crippen molar-refractivity contribution >= 4 is 41.3 Å². The number of nitrogens with zero attached hydrogens (tertiary/aromatic N) is 3. The highest BCUT2D eigenvalue weighted by Crippen LogP contribution is 2.28. The number of hydrogen-bond donors (Lipinski definition) is 2. The maximum Gasteiger partial charge on any atom is 0.443 e. The summed E-state index contributed by atoms with van der Waals surface area (Å²) in [6.07, 6.45) is -1.91. The van der Waals surface area contributed by atoms with Crippen molar-refractivity contribution in [2.45, 2.75) is 31.8 Å². The monoisotopic (exact) mass is 528 g/mol. The van der Waals surface area contributed by atoms with E-state index in [1.807, 2.05) is 0 Å². The summed E-state index contributed by atoms with van der Waals surface area (Å²) >= 11 is 0. The second kappa shape index (κ2) is 12.3. The highest BCUT2D eigenvalue weighted by atomic mass is 16.6. The van der Waals surface area contributed by atoms with Crippen LogP contribution in [0.2, 0.25) is 0 Å². The number of alkyl carbamates (subject to hydrolysis) is 1. The lowest BCUT2D eigenvalue weighted by Crippen LogP contribution is -2.35. The van der Waals surface area contributed by atoms with E-state index in [2.05, 4.69) is 19.8 Å². The molecule has 0 radical (unpaired) electrons. The zero-order chi connectivity index (χ0) is 27.8. The Kier molecular flexibility index (Phi) is 8.89. The molecule has 0 saturated heterocycles. The van der Waals surface area contributed by atoms with Gasteiger partial charge in [0.15, 0.2) is 0 Å². The standard InChI is InChI=1S/C23H20N4O11/c28-18-3-1-2-15(18)12-19(24-22(31)37-20(29)13-4-8-16(9-5-13)26(33)34)25-23(32)38-21(30)14-6-10-17(11-7-14)27(35)36/h4-11,15,18,28H,1-3,12H2,(H,24,25,31,32)/t15-,18+/m0/s1. The lowest BCUT2D eigenvalue weighted by molar-refractivity contribution is -0.385. The number of aliphatic imine (C=N–C) groups is 1. The molecule has 1 aliphatic rings. The number of amidine groups is 1. The van der Waals surface area contributed by atoms with Gasteiger partial charge in [-0.1, -0.05) is 6.42 Å². The molecule has 2 N–H and O–H groups in total. The third kappa shape index (κ3) is 7.47. The number of aliphatic hydroxyl groups excluding tert-OH is 1. The van der Waals surface area contributed by atoms with Gasteiger partial charge >= 0.3 is 24.1 Å². The Morgan fingerprint density at radius 2 is 1.37 bits per heavy atom. The van der Waals surface area contributed by atoms with Crippen LogP contribution < -0.4 is 5.32 Å². The van der Waals surface area contributed by atoms with Crippen LogP contribution in [-0.2, 0) is 9.47 Å². The smallest absolute Gasteiger partial charge is 0.393 e. The van der Waals surface area contributed by atoms with Crippen LogP contribution in [0.15, 0.2) is 53.5 Å². The van der Waals surface area contributed by atoms with Crippen molar-refractivity contribution in [3.05, 3.63) is 79.9 Å². The van der Waals surface area contributed by atoms with Gasteiger partial charge in [0, 0.05) is 30.7 Å². The SMILES string of the molecule is O=C(N=C(C[C@@H]1CCC[C@H]1O)NC(=O)OC(=O)c1ccc([N+](=O)[O-])cc1)OC(=O)c1ccc([N+](=O)[O-])cc1. The van der Waals surface area contributed by atoms with E-state index in [4.69, 9.17) is 0 Å². The first-order valence-electron chi connectivity index (χ1n) is 11.1. The zero-order valence-corrected chi connectivity index (χ0v) is 19.5. The minimum Gasteiger partial charge on any atom is -0.393 e. The number of rotatable bonds is 6. The lowest BCUT2D eigenvalue weighted by Gasteiger charge is -2.16. The highest BCUT2D eigenvalue weighted by Gasteiger charge is 2.28. The Bertz CT molecular complexity index is 1290. The van der Waals surface area contributed by atoms with Crippen molar-refractivity contribution in [3.8, 4) is 0 Å². The number of esters is 2. The van der Waals surface area contributed by atoms with E-state index in [1.165, 1.54) is 0 Å². The molecule has 15 nitrogen and oxygen atoms in total. The van der Waals surface area contributed by atoms with E-state index in [1.54, 1.807) is 0 Å². The van der Waals surface area contributed by atoms with E-state index in [0.717, 1.165) is 48.5 Å². The van der Waals surface area contributed by atoms with Crippen molar-refractivity contribution in [1.29, 1.82) is 0 Å². The number of carbonyl (C=O) groups is 4. The van der Waals surface area contributed by atoms with Crippen LogP contribution in [0, 0.1) is 26.1 Å². The molecule has 1 fully saturated rings. The fourth-order valence-corrected chi connectivity index (χ4v) is 3.62. The van der Waals surface area contributed by atoms with Crippen molar-refractivity contribution < 1.29 is 43.6 Å². The van der Waals surface area contributed by atoms with Gasteiger partial charge in [0.2, 0.25) is 0 Å². The molecule has 38 heavy (non-hydrogen) atoms. The van der Waals surface area contributed by atoms with Crippen LogP contribution in [0.25, 0.3) is 0 Å². The molecular weight excluding hydrogens is 508 g/mol. The van der Waals surface area contributed by atoms with Crippen LogP contribution in [0.4, 0.5) is 21.0 Å². The van der Waals surface area contributed by atoms with E-state index in [9.17, 15) is 44.5 Å². The van der Waals surface area contributed by atoms with Gasteiger partial charge in [-0.2, -0.15) is 4.99 Å². The Hall–Kier alpha value is -5.05. The topological polar surface area (TPSA) is 218 Å². The predicted octanol–water partition coefficient (Wildman–Crippen LogP) is 3.30. The minimum absolute atomic E-state index is 0.122. The van der Waals surface area contributed by atoms with Crippen molar-refractivity contribution in [2.75, 3.05) is 0 Å².